The largest absolute Gasteiger partial charge is 0.440 e. The van der Waals surface area contributed by atoms with Crippen LogP contribution in [0.1, 0.15) is 66.3 Å². The molecule has 3 heterocycles. The molecule has 1 amide bonds. The molecule has 1 atom stereocenters. The van der Waals surface area contributed by atoms with Crippen molar-refractivity contribution in [1.29, 1.82) is 0 Å². The van der Waals surface area contributed by atoms with Gasteiger partial charge in [-0.25, -0.2) is 9.97 Å². The van der Waals surface area contributed by atoms with Gasteiger partial charge in [0, 0.05) is 36.6 Å². The molecule has 1 aliphatic rings. The number of nitrogens with zero attached hydrogens (tertiary/aromatic N) is 3. The standard InChI is InChI=1S/C21H24N4O3/c1-12(2)20-24-17-9-14(6-7-18(17)28-20)21(27)25-8-4-5-15(11-25)16-10-19(26)23-13(3)22-16/h6-7,9-10,12,15H,4-5,8,11H2,1-3H3,(H,22,23,26)/t15-/m0/s1. The molecule has 0 bridgehead atoms. The van der Waals surface area contributed by atoms with Crippen LogP contribution in [-0.2, 0) is 0 Å². The Labute approximate surface area is 162 Å². The van der Waals surface area contributed by atoms with Gasteiger partial charge in [-0.15, -0.1) is 0 Å². The smallest absolute Gasteiger partial charge is 0.253 e. The summed E-state index contributed by atoms with van der Waals surface area (Å²) in [6.07, 6.45) is 1.80. The number of fused-ring (bicyclic) bond motifs is 1. The van der Waals surface area contributed by atoms with Gasteiger partial charge in [-0.1, -0.05) is 13.8 Å². The van der Waals surface area contributed by atoms with E-state index < -0.39 is 0 Å². The highest BCUT2D eigenvalue weighted by Gasteiger charge is 2.27. The minimum Gasteiger partial charge on any atom is -0.440 e. The van der Waals surface area contributed by atoms with Gasteiger partial charge in [-0.2, -0.15) is 0 Å². The molecular formula is C21H24N4O3. The number of aryl methyl sites for hydroxylation is 1. The number of H-pyrrole nitrogens is 1. The van der Waals surface area contributed by atoms with Crippen molar-refractivity contribution in [2.75, 3.05) is 13.1 Å². The van der Waals surface area contributed by atoms with Crippen LogP contribution in [0.5, 0.6) is 0 Å². The van der Waals surface area contributed by atoms with Crippen molar-refractivity contribution in [1.82, 2.24) is 19.9 Å². The highest BCUT2D eigenvalue weighted by atomic mass is 16.3. The molecular weight excluding hydrogens is 356 g/mol. The molecule has 3 aromatic rings. The first kappa shape index (κ1) is 18.4. The zero-order chi connectivity index (χ0) is 19.8. The highest BCUT2D eigenvalue weighted by molar-refractivity contribution is 5.97. The summed E-state index contributed by atoms with van der Waals surface area (Å²) in [5, 5.41) is 0. The average molecular weight is 380 g/mol. The molecule has 0 radical (unpaired) electrons. The van der Waals surface area contributed by atoms with Gasteiger partial charge in [-0.05, 0) is 38.0 Å². The molecule has 7 nitrogen and oxygen atoms in total. The lowest BCUT2D eigenvalue weighted by molar-refractivity contribution is 0.0706. The predicted octanol–water partition coefficient (Wildman–Crippen LogP) is 3.36. The van der Waals surface area contributed by atoms with E-state index in [1.54, 1.807) is 25.1 Å². The Morgan fingerprint density at radius 1 is 1.29 bits per heavy atom. The number of benzene rings is 1. The van der Waals surface area contributed by atoms with Gasteiger partial charge in [0.25, 0.3) is 11.5 Å². The molecule has 146 valence electrons. The van der Waals surface area contributed by atoms with Crippen LogP contribution in [-0.4, -0.2) is 38.8 Å². The number of carbonyl (C=O) groups excluding carboxylic acids is 1. The number of amides is 1. The summed E-state index contributed by atoms with van der Waals surface area (Å²) < 4.78 is 5.73. The van der Waals surface area contributed by atoms with E-state index >= 15 is 0 Å². The van der Waals surface area contributed by atoms with E-state index in [-0.39, 0.29) is 23.3 Å². The van der Waals surface area contributed by atoms with E-state index in [1.807, 2.05) is 24.8 Å². The lowest BCUT2D eigenvalue weighted by atomic mass is 9.94. The second-order valence-electron chi connectivity index (χ2n) is 7.74. The summed E-state index contributed by atoms with van der Waals surface area (Å²) >= 11 is 0. The van der Waals surface area contributed by atoms with Crippen molar-refractivity contribution in [3.05, 3.63) is 57.6 Å². The van der Waals surface area contributed by atoms with E-state index in [0.29, 0.717) is 41.5 Å². The van der Waals surface area contributed by atoms with Crippen LogP contribution in [0, 0.1) is 6.92 Å². The van der Waals surface area contributed by atoms with Gasteiger partial charge in [0.15, 0.2) is 11.5 Å². The first-order valence-corrected chi connectivity index (χ1v) is 9.68. The third-order valence-electron chi connectivity index (χ3n) is 5.15. The van der Waals surface area contributed by atoms with Gasteiger partial charge in [0.1, 0.15) is 11.3 Å². The van der Waals surface area contributed by atoms with Crippen LogP contribution in [0.4, 0.5) is 0 Å². The molecule has 1 aromatic carbocycles. The maximum Gasteiger partial charge on any atom is 0.253 e. The van der Waals surface area contributed by atoms with Crippen molar-refractivity contribution in [3.63, 3.8) is 0 Å². The minimum atomic E-state index is -0.150. The van der Waals surface area contributed by atoms with Crippen molar-refractivity contribution >= 4 is 17.0 Å². The van der Waals surface area contributed by atoms with Crippen LogP contribution in [0.2, 0.25) is 0 Å². The van der Waals surface area contributed by atoms with Crippen LogP contribution in [0.25, 0.3) is 11.1 Å². The predicted molar refractivity (Wildman–Crippen MR) is 106 cm³/mol. The maximum absolute atomic E-state index is 13.1. The quantitative estimate of drug-likeness (QED) is 0.752. The summed E-state index contributed by atoms with van der Waals surface area (Å²) in [5.41, 5.74) is 2.61. The number of likely N-dealkylation sites (tertiary alicyclic amines) is 1. The lowest BCUT2D eigenvalue weighted by Gasteiger charge is -2.32. The fraction of sp³-hybridized carbons (Fsp3) is 0.429. The van der Waals surface area contributed by atoms with Crippen LogP contribution < -0.4 is 5.56 Å². The lowest BCUT2D eigenvalue weighted by Crippen LogP contribution is -2.39. The zero-order valence-electron chi connectivity index (χ0n) is 16.4. The number of oxazole rings is 1. The van der Waals surface area contributed by atoms with E-state index in [0.717, 1.165) is 18.5 Å². The number of aromatic amines is 1. The van der Waals surface area contributed by atoms with Gasteiger partial charge < -0.3 is 14.3 Å². The summed E-state index contributed by atoms with van der Waals surface area (Å²) in [5.74, 6) is 1.51. The first-order chi connectivity index (χ1) is 13.4. The Kier molecular flexibility index (Phi) is 4.75. The number of piperidine rings is 1. The number of carbonyl (C=O) groups is 1. The molecule has 0 aliphatic carbocycles. The Morgan fingerprint density at radius 3 is 2.86 bits per heavy atom. The zero-order valence-corrected chi connectivity index (χ0v) is 16.4. The molecule has 2 aromatic heterocycles. The first-order valence-electron chi connectivity index (χ1n) is 9.68. The molecule has 7 heteroatoms. The van der Waals surface area contributed by atoms with Gasteiger partial charge in [0.2, 0.25) is 0 Å². The summed E-state index contributed by atoms with van der Waals surface area (Å²) in [4.78, 5) is 38.3. The Hall–Kier alpha value is -2.96. The SMILES string of the molecule is Cc1nc([C@H]2CCCN(C(=O)c3ccc4oc(C(C)C)nc4c3)C2)cc(=O)[nH]1. The van der Waals surface area contributed by atoms with Crippen molar-refractivity contribution in [2.45, 2.75) is 45.4 Å². The molecule has 0 spiro atoms. The number of hydrogen-bond acceptors (Lipinski definition) is 5. The van der Waals surface area contributed by atoms with Gasteiger partial charge in [-0.3, -0.25) is 9.59 Å². The number of aromatic nitrogens is 3. The molecule has 0 saturated carbocycles. The second kappa shape index (κ2) is 7.22. The monoisotopic (exact) mass is 380 g/mol. The topological polar surface area (TPSA) is 92.1 Å². The molecule has 1 saturated heterocycles. The van der Waals surface area contributed by atoms with Crippen LogP contribution >= 0.6 is 0 Å². The van der Waals surface area contributed by atoms with E-state index in [9.17, 15) is 9.59 Å². The normalized spacial score (nSPS) is 17.4. The Bertz CT molecular complexity index is 1080. The van der Waals surface area contributed by atoms with Gasteiger partial charge >= 0.3 is 0 Å². The van der Waals surface area contributed by atoms with Crippen LogP contribution in [0.3, 0.4) is 0 Å². The van der Waals surface area contributed by atoms with E-state index in [2.05, 4.69) is 15.0 Å². The van der Waals surface area contributed by atoms with Gasteiger partial charge in [0.05, 0.1) is 5.69 Å². The number of nitrogens with one attached hydrogen (secondary N) is 1. The highest BCUT2D eigenvalue weighted by Crippen LogP contribution is 2.27. The minimum absolute atomic E-state index is 0.0257. The summed E-state index contributed by atoms with van der Waals surface area (Å²) in [6.45, 7) is 7.08. The summed E-state index contributed by atoms with van der Waals surface area (Å²) in [7, 11) is 0. The van der Waals surface area contributed by atoms with E-state index in [4.69, 9.17) is 4.42 Å². The fourth-order valence-corrected chi connectivity index (χ4v) is 3.72. The number of rotatable bonds is 3. The fourth-order valence-electron chi connectivity index (χ4n) is 3.72. The van der Waals surface area contributed by atoms with Crippen molar-refractivity contribution < 1.29 is 9.21 Å². The molecule has 1 aliphatic heterocycles. The molecule has 28 heavy (non-hydrogen) atoms. The summed E-state index contributed by atoms with van der Waals surface area (Å²) in [6, 6.07) is 6.94. The molecule has 1 N–H and O–H groups in total. The van der Waals surface area contributed by atoms with E-state index in [1.165, 1.54) is 0 Å². The molecule has 4 rings (SSSR count). The van der Waals surface area contributed by atoms with Crippen molar-refractivity contribution in [2.24, 2.45) is 0 Å². The third-order valence-corrected chi connectivity index (χ3v) is 5.15. The Morgan fingerprint density at radius 2 is 2.11 bits per heavy atom. The third kappa shape index (κ3) is 3.56. The number of hydrogen-bond donors (Lipinski definition) is 1. The Balaban J connectivity index is 1.57. The average Bonchev–Trinajstić information content (AvgIpc) is 3.10. The second-order valence-corrected chi connectivity index (χ2v) is 7.74. The molecule has 0 unspecified atom stereocenters. The maximum atomic E-state index is 13.1. The van der Waals surface area contributed by atoms with Crippen LogP contribution in [0.15, 0.2) is 33.5 Å². The van der Waals surface area contributed by atoms with Crippen molar-refractivity contribution in [3.8, 4) is 0 Å². The molecule has 1 fully saturated rings.